The summed E-state index contributed by atoms with van der Waals surface area (Å²) in [6.45, 7) is 8.85. The number of aldehydes is 1. The SMILES string of the molecule is CC(C)(O)CCCCN1CCN(c2ccccc2C=O)CC1. The molecule has 1 N–H and O–H groups in total. The van der Waals surface area contributed by atoms with Crippen LogP contribution >= 0.6 is 0 Å². The van der Waals surface area contributed by atoms with Crippen LogP contribution < -0.4 is 4.90 Å². The molecule has 0 bridgehead atoms. The van der Waals surface area contributed by atoms with E-state index in [1.54, 1.807) is 0 Å². The highest BCUT2D eigenvalue weighted by Crippen LogP contribution is 2.20. The van der Waals surface area contributed by atoms with E-state index in [4.69, 9.17) is 0 Å². The molecule has 22 heavy (non-hydrogen) atoms. The van der Waals surface area contributed by atoms with Crippen molar-refractivity contribution >= 4 is 12.0 Å². The second kappa shape index (κ2) is 7.75. The molecule has 0 radical (unpaired) electrons. The number of carbonyl (C=O) groups excluding carboxylic acids is 1. The van der Waals surface area contributed by atoms with E-state index in [1.165, 1.54) is 0 Å². The molecule has 4 nitrogen and oxygen atoms in total. The summed E-state index contributed by atoms with van der Waals surface area (Å²) in [4.78, 5) is 15.9. The number of piperazine rings is 1. The molecular formula is C18H28N2O2. The van der Waals surface area contributed by atoms with Crippen LogP contribution in [0, 0.1) is 0 Å². The molecule has 1 aliphatic rings. The van der Waals surface area contributed by atoms with Gasteiger partial charge in [-0.1, -0.05) is 12.1 Å². The molecule has 1 aliphatic heterocycles. The molecule has 0 saturated carbocycles. The van der Waals surface area contributed by atoms with Crippen molar-refractivity contribution in [3.63, 3.8) is 0 Å². The third kappa shape index (κ3) is 5.11. The Morgan fingerprint density at radius 1 is 1.14 bits per heavy atom. The highest BCUT2D eigenvalue weighted by Gasteiger charge is 2.19. The first kappa shape index (κ1) is 17.0. The Morgan fingerprint density at radius 2 is 1.82 bits per heavy atom. The quantitative estimate of drug-likeness (QED) is 0.621. The van der Waals surface area contributed by atoms with E-state index in [0.717, 1.165) is 69.5 Å². The van der Waals surface area contributed by atoms with Crippen LogP contribution in [0.4, 0.5) is 5.69 Å². The molecule has 2 rings (SSSR count). The summed E-state index contributed by atoms with van der Waals surface area (Å²) in [6.07, 6.45) is 4.00. The standard InChI is InChI=1S/C18H28N2O2/c1-18(2,22)9-5-6-10-19-11-13-20(14-12-19)17-8-4-3-7-16(17)15-21/h3-4,7-8,15,22H,5-6,9-14H2,1-2H3. The van der Waals surface area contributed by atoms with E-state index < -0.39 is 5.60 Å². The smallest absolute Gasteiger partial charge is 0.152 e. The molecular weight excluding hydrogens is 276 g/mol. The van der Waals surface area contributed by atoms with E-state index in [9.17, 15) is 9.90 Å². The van der Waals surface area contributed by atoms with Gasteiger partial charge in [0.25, 0.3) is 0 Å². The number of benzene rings is 1. The molecule has 0 spiro atoms. The number of para-hydroxylation sites is 1. The van der Waals surface area contributed by atoms with E-state index in [2.05, 4.69) is 9.80 Å². The Labute approximate surface area is 133 Å². The molecule has 0 amide bonds. The third-order valence-electron chi connectivity index (χ3n) is 4.29. The van der Waals surface area contributed by atoms with Gasteiger partial charge in [-0.2, -0.15) is 0 Å². The summed E-state index contributed by atoms with van der Waals surface area (Å²) < 4.78 is 0. The van der Waals surface area contributed by atoms with Gasteiger partial charge < -0.3 is 10.0 Å². The Balaban J connectivity index is 1.75. The number of anilines is 1. The number of carbonyl (C=O) groups is 1. The molecule has 0 aromatic heterocycles. The Hall–Kier alpha value is -1.39. The molecule has 0 atom stereocenters. The summed E-state index contributed by atoms with van der Waals surface area (Å²) in [5, 5.41) is 9.72. The van der Waals surface area contributed by atoms with E-state index in [0.29, 0.717) is 0 Å². The van der Waals surface area contributed by atoms with Gasteiger partial charge in [0, 0.05) is 37.4 Å². The predicted octanol–water partition coefficient (Wildman–Crippen LogP) is 2.56. The van der Waals surface area contributed by atoms with Crippen LogP contribution in [0.5, 0.6) is 0 Å². The molecule has 1 aromatic carbocycles. The van der Waals surface area contributed by atoms with Crippen molar-refractivity contribution in [2.75, 3.05) is 37.6 Å². The molecule has 1 heterocycles. The minimum absolute atomic E-state index is 0.544. The van der Waals surface area contributed by atoms with Crippen molar-refractivity contribution in [2.24, 2.45) is 0 Å². The van der Waals surface area contributed by atoms with Gasteiger partial charge >= 0.3 is 0 Å². The lowest BCUT2D eigenvalue weighted by Gasteiger charge is -2.36. The number of unbranched alkanes of at least 4 members (excludes halogenated alkanes) is 1. The number of hydrogen-bond donors (Lipinski definition) is 1. The molecule has 0 unspecified atom stereocenters. The minimum Gasteiger partial charge on any atom is -0.390 e. The number of nitrogens with zero attached hydrogens (tertiary/aromatic N) is 2. The second-order valence-electron chi connectivity index (χ2n) is 6.77. The Morgan fingerprint density at radius 3 is 2.45 bits per heavy atom. The fourth-order valence-electron chi connectivity index (χ4n) is 2.98. The van der Waals surface area contributed by atoms with Gasteiger partial charge in [-0.25, -0.2) is 0 Å². The maximum absolute atomic E-state index is 11.1. The fourth-order valence-corrected chi connectivity index (χ4v) is 2.98. The zero-order chi connectivity index (χ0) is 16.0. The van der Waals surface area contributed by atoms with Crippen molar-refractivity contribution in [1.82, 2.24) is 4.90 Å². The van der Waals surface area contributed by atoms with Crippen molar-refractivity contribution in [3.8, 4) is 0 Å². The summed E-state index contributed by atoms with van der Waals surface area (Å²) >= 11 is 0. The van der Waals surface area contributed by atoms with Gasteiger partial charge in [0.15, 0.2) is 6.29 Å². The van der Waals surface area contributed by atoms with Gasteiger partial charge in [-0.15, -0.1) is 0 Å². The average Bonchev–Trinajstić information content (AvgIpc) is 2.51. The van der Waals surface area contributed by atoms with Gasteiger partial charge in [-0.05, 0) is 51.8 Å². The zero-order valence-corrected chi connectivity index (χ0v) is 13.8. The predicted molar refractivity (Wildman–Crippen MR) is 90.6 cm³/mol. The number of rotatable bonds is 7. The molecule has 1 fully saturated rings. The minimum atomic E-state index is -0.544. The summed E-state index contributed by atoms with van der Waals surface area (Å²) in [7, 11) is 0. The van der Waals surface area contributed by atoms with Gasteiger partial charge in [0.1, 0.15) is 0 Å². The lowest BCUT2D eigenvalue weighted by atomic mass is 10.0. The van der Waals surface area contributed by atoms with Crippen molar-refractivity contribution < 1.29 is 9.90 Å². The van der Waals surface area contributed by atoms with Crippen molar-refractivity contribution in [3.05, 3.63) is 29.8 Å². The lowest BCUT2D eigenvalue weighted by molar-refractivity contribution is 0.0671. The molecule has 1 saturated heterocycles. The van der Waals surface area contributed by atoms with Crippen molar-refractivity contribution in [2.45, 2.75) is 38.7 Å². The van der Waals surface area contributed by atoms with Gasteiger partial charge in [0.05, 0.1) is 5.60 Å². The number of hydrogen-bond acceptors (Lipinski definition) is 4. The van der Waals surface area contributed by atoms with Gasteiger partial charge in [-0.3, -0.25) is 9.69 Å². The van der Waals surface area contributed by atoms with E-state index in [-0.39, 0.29) is 0 Å². The number of aliphatic hydroxyl groups is 1. The zero-order valence-electron chi connectivity index (χ0n) is 13.8. The summed E-state index contributed by atoms with van der Waals surface area (Å²) in [5.41, 5.74) is 1.29. The van der Waals surface area contributed by atoms with Crippen molar-refractivity contribution in [1.29, 1.82) is 0 Å². The van der Waals surface area contributed by atoms with E-state index in [1.807, 2.05) is 38.1 Å². The molecule has 0 aliphatic carbocycles. The van der Waals surface area contributed by atoms with Crippen LogP contribution in [0.1, 0.15) is 43.5 Å². The average molecular weight is 304 g/mol. The first-order valence-electron chi connectivity index (χ1n) is 8.23. The fraction of sp³-hybridized carbons (Fsp3) is 0.611. The largest absolute Gasteiger partial charge is 0.390 e. The van der Waals surface area contributed by atoms with Crippen LogP contribution in [0.3, 0.4) is 0 Å². The van der Waals surface area contributed by atoms with Gasteiger partial charge in [0.2, 0.25) is 0 Å². The normalized spacial score (nSPS) is 16.8. The van der Waals surface area contributed by atoms with Crippen LogP contribution in [0.25, 0.3) is 0 Å². The van der Waals surface area contributed by atoms with E-state index >= 15 is 0 Å². The lowest BCUT2D eigenvalue weighted by Crippen LogP contribution is -2.46. The molecule has 4 heteroatoms. The van der Waals surface area contributed by atoms with Crippen LogP contribution in [-0.2, 0) is 0 Å². The monoisotopic (exact) mass is 304 g/mol. The van der Waals surface area contributed by atoms with Crippen LogP contribution in [0.2, 0.25) is 0 Å². The second-order valence-corrected chi connectivity index (χ2v) is 6.77. The maximum Gasteiger partial charge on any atom is 0.152 e. The first-order valence-corrected chi connectivity index (χ1v) is 8.23. The topological polar surface area (TPSA) is 43.8 Å². The third-order valence-corrected chi connectivity index (χ3v) is 4.29. The Kier molecular flexibility index (Phi) is 5.98. The maximum atomic E-state index is 11.1. The summed E-state index contributed by atoms with van der Waals surface area (Å²) in [5.74, 6) is 0. The highest BCUT2D eigenvalue weighted by molar-refractivity contribution is 5.84. The first-order chi connectivity index (χ1) is 10.5. The summed E-state index contributed by atoms with van der Waals surface area (Å²) in [6, 6.07) is 7.81. The van der Waals surface area contributed by atoms with Crippen LogP contribution in [0.15, 0.2) is 24.3 Å². The highest BCUT2D eigenvalue weighted by atomic mass is 16.3. The van der Waals surface area contributed by atoms with Crippen LogP contribution in [-0.4, -0.2) is 54.6 Å². The molecule has 1 aromatic rings. The Bertz CT molecular complexity index is 474. The molecule has 122 valence electrons.